The smallest absolute Gasteiger partial charge is 0.306 e. The number of benzene rings is 1. The molecule has 0 aliphatic heterocycles. The molecule has 0 amide bonds. The number of hydrogen-bond donors (Lipinski definition) is 2. The number of halogens is 1. The van der Waals surface area contributed by atoms with E-state index in [9.17, 15) is 9.90 Å². The van der Waals surface area contributed by atoms with Gasteiger partial charge in [0, 0.05) is 11.5 Å². The Hall–Kier alpha value is -1.26. The monoisotopic (exact) mass is 243 g/mol. The minimum Gasteiger partial charge on any atom is -0.506 e. The van der Waals surface area contributed by atoms with E-state index in [2.05, 4.69) is 4.74 Å². The second kappa shape index (κ2) is 5.72. The number of aromatic hydroxyl groups is 1. The van der Waals surface area contributed by atoms with Crippen molar-refractivity contribution < 1.29 is 14.6 Å². The molecule has 88 valence electrons. The van der Waals surface area contributed by atoms with Gasteiger partial charge in [0.25, 0.3) is 0 Å². The van der Waals surface area contributed by atoms with Crippen LogP contribution in [0.15, 0.2) is 18.2 Å². The average Bonchev–Trinajstić information content (AvgIpc) is 2.29. The highest BCUT2D eigenvalue weighted by Crippen LogP contribution is 2.33. The van der Waals surface area contributed by atoms with Gasteiger partial charge in [-0.1, -0.05) is 23.7 Å². The second-order valence-electron chi connectivity index (χ2n) is 3.39. The van der Waals surface area contributed by atoms with Crippen molar-refractivity contribution in [2.24, 2.45) is 5.73 Å². The van der Waals surface area contributed by atoms with E-state index in [0.717, 1.165) is 0 Å². The number of phenols is 1. The first kappa shape index (κ1) is 12.8. The number of para-hydroxylation sites is 1. The molecule has 0 aliphatic carbocycles. The molecule has 3 N–H and O–H groups in total. The van der Waals surface area contributed by atoms with Crippen molar-refractivity contribution in [1.82, 2.24) is 0 Å². The number of nitrogens with two attached hydrogens (primary N) is 1. The first-order valence-corrected chi connectivity index (χ1v) is 5.22. The molecule has 0 aliphatic rings. The largest absolute Gasteiger partial charge is 0.506 e. The summed E-state index contributed by atoms with van der Waals surface area (Å²) in [5.41, 5.74) is 6.13. The zero-order valence-electron chi connectivity index (χ0n) is 8.94. The molecule has 0 spiro atoms. The lowest BCUT2D eigenvalue weighted by atomic mass is 9.95. The maximum absolute atomic E-state index is 11.2. The molecule has 1 unspecified atom stereocenters. The fourth-order valence-corrected chi connectivity index (χ4v) is 1.65. The fourth-order valence-electron chi connectivity index (χ4n) is 1.47. The predicted octanol–water partition coefficient (Wildman–Crippen LogP) is 1.65. The summed E-state index contributed by atoms with van der Waals surface area (Å²) in [6, 6.07) is 4.98. The van der Waals surface area contributed by atoms with Gasteiger partial charge in [0.1, 0.15) is 5.75 Å². The Labute approximate surface area is 99.0 Å². The summed E-state index contributed by atoms with van der Waals surface area (Å²) in [4.78, 5) is 11.2. The van der Waals surface area contributed by atoms with Crippen LogP contribution in [-0.4, -0.2) is 24.7 Å². The van der Waals surface area contributed by atoms with Gasteiger partial charge in [-0.3, -0.25) is 4.79 Å². The van der Waals surface area contributed by atoms with Gasteiger partial charge in [-0.05, 0) is 12.6 Å². The molecule has 16 heavy (non-hydrogen) atoms. The van der Waals surface area contributed by atoms with Crippen LogP contribution in [0.4, 0.5) is 0 Å². The predicted molar refractivity (Wildman–Crippen MR) is 61.5 cm³/mol. The molecule has 5 heteroatoms. The van der Waals surface area contributed by atoms with Crippen molar-refractivity contribution >= 4 is 17.6 Å². The molecule has 0 bridgehead atoms. The van der Waals surface area contributed by atoms with Crippen molar-refractivity contribution in [3.63, 3.8) is 0 Å². The molecular formula is C11H14ClNO3. The van der Waals surface area contributed by atoms with Crippen LogP contribution in [0.5, 0.6) is 5.75 Å². The summed E-state index contributed by atoms with van der Waals surface area (Å²) in [6.07, 6.45) is 0.126. The van der Waals surface area contributed by atoms with E-state index >= 15 is 0 Å². The first-order valence-electron chi connectivity index (χ1n) is 4.84. The number of esters is 1. The lowest BCUT2D eigenvalue weighted by Gasteiger charge is -2.15. The van der Waals surface area contributed by atoms with Gasteiger partial charge in [-0.2, -0.15) is 0 Å². The SMILES string of the molecule is COC(=O)CC(CN)c1cccc(Cl)c1O. The molecule has 0 saturated heterocycles. The normalized spacial score (nSPS) is 12.2. The molecule has 0 aromatic heterocycles. The summed E-state index contributed by atoms with van der Waals surface area (Å²) in [5.74, 6) is -0.676. The third-order valence-corrected chi connectivity index (χ3v) is 2.69. The van der Waals surface area contributed by atoms with Gasteiger partial charge in [0.2, 0.25) is 0 Å². The van der Waals surface area contributed by atoms with E-state index in [1.54, 1.807) is 18.2 Å². The number of carbonyl (C=O) groups excluding carboxylic acids is 1. The highest BCUT2D eigenvalue weighted by molar-refractivity contribution is 6.32. The van der Waals surface area contributed by atoms with Gasteiger partial charge in [0.15, 0.2) is 0 Å². The van der Waals surface area contributed by atoms with Gasteiger partial charge in [-0.25, -0.2) is 0 Å². The van der Waals surface area contributed by atoms with Crippen LogP contribution in [0.2, 0.25) is 5.02 Å². The van der Waals surface area contributed by atoms with E-state index in [0.29, 0.717) is 5.56 Å². The van der Waals surface area contributed by atoms with Crippen molar-refractivity contribution in [3.05, 3.63) is 28.8 Å². The maximum Gasteiger partial charge on any atom is 0.306 e. The summed E-state index contributed by atoms with van der Waals surface area (Å²) >= 11 is 5.78. The zero-order chi connectivity index (χ0) is 12.1. The topological polar surface area (TPSA) is 72.5 Å². The highest BCUT2D eigenvalue weighted by Gasteiger charge is 2.19. The first-order chi connectivity index (χ1) is 7.60. The minimum atomic E-state index is -0.366. The fraction of sp³-hybridized carbons (Fsp3) is 0.364. The van der Waals surface area contributed by atoms with Crippen molar-refractivity contribution in [3.8, 4) is 5.75 Å². The lowest BCUT2D eigenvalue weighted by molar-refractivity contribution is -0.141. The highest BCUT2D eigenvalue weighted by atomic mass is 35.5. The van der Waals surface area contributed by atoms with Crippen molar-refractivity contribution in [2.75, 3.05) is 13.7 Å². The average molecular weight is 244 g/mol. The molecule has 0 radical (unpaired) electrons. The van der Waals surface area contributed by atoms with E-state index in [4.69, 9.17) is 17.3 Å². The molecule has 0 saturated carbocycles. The van der Waals surface area contributed by atoms with E-state index < -0.39 is 0 Å². The Kier molecular flexibility index (Phi) is 4.58. The number of hydrogen-bond acceptors (Lipinski definition) is 4. The Morgan fingerprint density at radius 3 is 2.88 bits per heavy atom. The van der Waals surface area contributed by atoms with Crippen LogP contribution in [-0.2, 0) is 9.53 Å². The summed E-state index contributed by atoms with van der Waals surface area (Å²) in [5, 5.41) is 10.00. The Morgan fingerprint density at radius 2 is 2.31 bits per heavy atom. The molecule has 1 atom stereocenters. The Balaban J connectivity index is 2.95. The number of phenolic OH excluding ortho intramolecular Hbond substituents is 1. The number of carbonyl (C=O) groups is 1. The molecule has 1 aromatic rings. The summed E-state index contributed by atoms with van der Waals surface area (Å²) < 4.78 is 4.57. The van der Waals surface area contributed by atoms with Crippen molar-refractivity contribution in [2.45, 2.75) is 12.3 Å². The molecule has 4 nitrogen and oxygen atoms in total. The van der Waals surface area contributed by atoms with E-state index in [-0.39, 0.29) is 35.6 Å². The Morgan fingerprint density at radius 1 is 1.62 bits per heavy atom. The molecule has 1 aromatic carbocycles. The number of ether oxygens (including phenoxy) is 1. The molecule has 1 rings (SSSR count). The van der Waals surface area contributed by atoms with E-state index in [1.807, 2.05) is 0 Å². The summed E-state index contributed by atoms with van der Waals surface area (Å²) in [6.45, 7) is 0.239. The minimum absolute atomic E-state index is 0.0245. The Bertz CT molecular complexity index is 381. The van der Waals surface area contributed by atoms with Gasteiger partial charge < -0.3 is 15.6 Å². The quantitative estimate of drug-likeness (QED) is 0.789. The lowest BCUT2D eigenvalue weighted by Crippen LogP contribution is -2.17. The van der Waals surface area contributed by atoms with Gasteiger partial charge >= 0.3 is 5.97 Å². The molecule has 0 fully saturated rings. The van der Waals surface area contributed by atoms with Crippen LogP contribution in [0.3, 0.4) is 0 Å². The second-order valence-corrected chi connectivity index (χ2v) is 3.80. The van der Waals surface area contributed by atoms with Crippen LogP contribution >= 0.6 is 11.6 Å². The van der Waals surface area contributed by atoms with Crippen LogP contribution in [0, 0.1) is 0 Å². The third kappa shape index (κ3) is 2.87. The summed E-state index contributed by atoms with van der Waals surface area (Å²) in [7, 11) is 1.31. The molecular weight excluding hydrogens is 230 g/mol. The van der Waals surface area contributed by atoms with Crippen LogP contribution < -0.4 is 5.73 Å². The van der Waals surface area contributed by atoms with Crippen LogP contribution in [0.25, 0.3) is 0 Å². The maximum atomic E-state index is 11.2. The zero-order valence-corrected chi connectivity index (χ0v) is 9.70. The van der Waals surface area contributed by atoms with E-state index in [1.165, 1.54) is 7.11 Å². The van der Waals surface area contributed by atoms with Crippen LogP contribution in [0.1, 0.15) is 17.9 Å². The van der Waals surface area contributed by atoms with Crippen molar-refractivity contribution in [1.29, 1.82) is 0 Å². The van der Waals surface area contributed by atoms with Gasteiger partial charge in [0.05, 0.1) is 18.6 Å². The standard InChI is InChI=1S/C11H14ClNO3/c1-16-10(14)5-7(6-13)8-3-2-4-9(12)11(8)15/h2-4,7,15H,5-6,13H2,1H3. The van der Waals surface area contributed by atoms with Gasteiger partial charge in [-0.15, -0.1) is 0 Å². The number of methoxy groups -OCH3 is 1. The third-order valence-electron chi connectivity index (χ3n) is 2.38. The number of rotatable bonds is 4. The molecule has 0 heterocycles.